The molecule has 0 aliphatic rings. The largest absolute Gasteiger partial charge is 0.462 e. The number of amides is 1. The lowest BCUT2D eigenvalue weighted by Gasteiger charge is -2.26. The summed E-state index contributed by atoms with van der Waals surface area (Å²) in [6, 6.07) is 0.483. The Labute approximate surface area is 142 Å². The van der Waals surface area contributed by atoms with Crippen LogP contribution in [0.25, 0.3) is 0 Å². The fourth-order valence-electron chi connectivity index (χ4n) is 1.33. The molecule has 0 fully saturated rings. The van der Waals surface area contributed by atoms with Crippen LogP contribution in [0.5, 0.6) is 0 Å². The van der Waals surface area contributed by atoms with E-state index in [1.54, 1.807) is 47.6 Å². The Hall–Kier alpha value is -2.30. The third-order valence-corrected chi connectivity index (χ3v) is 2.32. The second-order valence-corrected chi connectivity index (χ2v) is 7.21. The van der Waals surface area contributed by atoms with Crippen LogP contribution in [0.1, 0.15) is 48.5 Å². The van der Waals surface area contributed by atoms with Gasteiger partial charge in [-0.05, 0) is 48.5 Å². The van der Waals surface area contributed by atoms with Gasteiger partial charge in [-0.15, -0.1) is 0 Å². The molecule has 0 aromatic heterocycles. The van der Waals surface area contributed by atoms with E-state index in [9.17, 15) is 14.4 Å². The minimum Gasteiger partial charge on any atom is -0.462 e. The highest BCUT2D eigenvalue weighted by molar-refractivity contribution is 5.82. The number of ether oxygens (including phenoxy) is 3. The summed E-state index contributed by atoms with van der Waals surface area (Å²) in [5.74, 6) is -2.55. The highest BCUT2D eigenvalue weighted by Crippen LogP contribution is 2.11. The summed E-state index contributed by atoms with van der Waals surface area (Å²) in [5.41, 5.74) is -1.54. The number of carbonyl (C=O) groups is 3. The molecule has 0 aromatic rings. The van der Waals surface area contributed by atoms with Gasteiger partial charge in [-0.25, -0.2) is 9.59 Å². The van der Waals surface area contributed by atoms with E-state index in [0.717, 1.165) is 0 Å². The third kappa shape index (κ3) is 9.66. The Morgan fingerprint density at radius 1 is 1.00 bits per heavy atom. The van der Waals surface area contributed by atoms with E-state index >= 15 is 0 Å². The fraction of sp³-hybridized carbons (Fsp3) is 0.750. The average Bonchev–Trinajstić information content (AvgIpc) is 2.37. The van der Waals surface area contributed by atoms with Gasteiger partial charge >= 0.3 is 18.0 Å². The first-order valence-electron chi connectivity index (χ1n) is 7.54. The third-order valence-electron chi connectivity index (χ3n) is 2.32. The van der Waals surface area contributed by atoms with Crippen LogP contribution in [0.4, 0.5) is 4.79 Å². The summed E-state index contributed by atoms with van der Waals surface area (Å²) in [6.07, 6.45) is -0.845. The zero-order chi connectivity index (χ0) is 19.1. The molecule has 0 aromatic carbocycles. The van der Waals surface area contributed by atoms with Gasteiger partial charge in [0.2, 0.25) is 0 Å². The number of rotatable bonds is 5. The quantitative estimate of drug-likeness (QED) is 0.599. The zero-order valence-corrected chi connectivity index (χ0v) is 15.3. The van der Waals surface area contributed by atoms with Gasteiger partial charge < -0.3 is 19.5 Å². The highest BCUT2D eigenvalue weighted by atomic mass is 16.6. The van der Waals surface area contributed by atoms with Crippen LogP contribution in [0.15, 0.2) is 0 Å². The van der Waals surface area contributed by atoms with E-state index < -0.39 is 47.8 Å². The minimum atomic E-state index is -1.24. The maximum Gasteiger partial charge on any atom is 0.408 e. The van der Waals surface area contributed by atoms with Gasteiger partial charge in [0, 0.05) is 0 Å². The molecular weight excluding hydrogens is 316 g/mol. The molecule has 2 unspecified atom stereocenters. The van der Waals surface area contributed by atoms with E-state index in [-0.39, 0.29) is 0 Å². The number of alkyl carbamates (subject to hydrolysis) is 1. The minimum absolute atomic E-state index is 0.459. The van der Waals surface area contributed by atoms with Gasteiger partial charge in [-0.3, -0.25) is 4.79 Å². The van der Waals surface area contributed by atoms with Crippen LogP contribution in [0.3, 0.4) is 0 Å². The van der Waals surface area contributed by atoms with E-state index in [2.05, 4.69) is 5.32 Å². The zero-order valence-electron chi connectivity index (χ0n) is 15.3. The molecule has 0 radical (unpaired) electrons. The summed E-state index contributed by atoms with van der Waals surface area (Å²) in [6.45, 7) is 10.9. The molecule has 8 nitrogen and oxygen atoms in total. The predicted molar refractivity (Wildman–Crippen MR) is 84.7 cm³/mol. The molecule has 0 saturated carbocycles. The monoisotopic (exact) mass is 342 g/mol. The summed E-state index contributed by atoms with van der Waals surface area (Å²) in [7, 11) is 0. The second-order valence-electron chi connectivity index (χ2n) is 7.21. The van der Waals surface area contributed by atoms with Crippen molar-refractivity contribution >= 4 is 18.0 Å². The standard InChI is InChI=1S/C16H26N2O6/c1-10(8-17)12(19)22-9-11(13(20)23-15(2,3)4)18-14(21)24-16(5,6)7/h10-11H,9H2,1-7H3,(H,18,21). The van der Waals surface area contributed by atoms with Gasteiger partial charge in [0.05, 0.1) is 6.07 Å². The lowest BCUT2D eigenvalue weighted by Crippen LogP contribution is -2.48. The number of nitriles is 1. The average molecular weight is 342 g/mol. The van der Waals surface area contributed by atoms with E-state index in [4.69, 9.17) is 19.5 Å². The van der Waals surface area contributed by atoms with Gasteiger partial charge in [-0.2, -0.15) is 5.26 Å². The lowest BCUT2D eigenvalue weighted by molar-refractivity contribution is -0.161. The SMILES string of the molecule is CC(C#N)C(=O)OCC(NC(=O)OC(C)(C)C)C(=O)OC(C)(C)C. The summed E-state index contributed by atoms with van der Waals surface area (Å²) in [4.78, 5) is 35.6. The second kappa shape index (κ2) is 8.52. The van der Waals surface area contributed by atoms with Gasteiger partial charge in [0.25, 0.3) is 0 Å². The molecule has 0 aliphatic heterocycles. The summed E-state index contributed by atoms with van der Waals surface area (Å²) >= 11 is 0. The van der Waals surface area contributed by atoms with Crippen molar-refractivity contribution in [3.8, 4) is 6.07 Å². The maximum atomic E-state index is 12.2. The Morgan fingerprint density at radius 2 is 1.50 bits per heavy atom. The first-order chi connectivity index (χ1) is 10.7. The Bertz CT molecular complexity index is 510. The predicted octanol–water partition coefficient (Wildman–Crippen LogP) is 1.92. The maximum absolute atomic E-state index is 12.2. The molecule has 24 heavy (non-hydrogen) atoms. The topological polar surface area (TPSA) is 115 Å². The van der Waals surface area contributed by atoms with Gasteiger partial charge in [0.1, 0.15) is 23.7 Å². The first-order valence-corrected chi connectivity index (χ1v) is 7.54. The van der Waals surface area contributed by atoms with Crippen LogP contribution in [-0.4, -0.2) is 41.9 Å². The molecule has 0 rings (SSSR count). The van der Waals surface area contributed by atoms with Crippen molar-refractivity contribution in [3.05, 3.63) is 0 Å². The molecule has 0 heterocycles. The Balaban J connectivity index is 4.96. The van der Waals surface area contributed by atoms with Crippen molar-refractivity contribution < 1.29 is 28.6 Å². The first kappa shape index (κ1) is 21.7. The van der Waals surface area contributed by atoms with Crippen LogP contribution in [-0.2, 0) is 23.8 Å². The normalized spacial score (nSPS) is 13.9. The van der Waals surface area contributed by atoms with Crippen molar-refractivity contribution in [1.82, 2.24) is 5.32 Å². The number of nitrogens with zero attached hydrogens (tertiary/aromatic N) is 1. The molecule has 0 spiro atoms. The van der Waals surface area contributed by atoms with Crippen molar-refractivity contribution in [2.24, 2.45) is 5.92 Å². The molecule has 0 aliphatic carbocycles. The van der Waals surface area contributed by atoms with Crippen LogP contribution >= 0.6 is 0 Å². The molecule has 136 valence electrons. The number of hydrogen-bond acceptors (Lipinski definition) is 7. The number of carbonyl (C=O) groups excluding carboxylic acids is 3. The van der Waals surface area contributed by atoms with E-state index in [0.29, 0.717) is 0 Å². The van der Waals surface area contributed by atoms with Crippen molar-refractivity contribution in [1.29, 1.82) is 5.26 Å². The molecule has 0 bridgehead atoms. The lowest BCUT2D eigenvalue weighted by atomic mass is 10.2. The molecule has 2 atom stereocenters. The van der Waals surface area contributed by atoms with Crippen molar-refractivity contribution in [2.75, 3.05) is 6.61 Å². The van der Waals surface area contributed by atoms with Crippen molar-refractivity contribution in [3.63, 3.8) is 0 Å². The smallest absolute Gasteiger partial charge is 0.408 e. The molecule has 8 heteroatoms. The number of nitrogens with one attached hydrogen (secondary N) is 1. The van der Waals surface area contributed by atoms with E-state index in [1.165, 1.54) is 6.92 Å². The number of esters is 2. The van der Waals surface area contributed by atoms with Crippen LogP contribution in [0.2, 0.25) is 0 Å². The molecule has 1 amide bonds. The molecular formula is C16H26N2O6. The van der Waals surface area contributed by atoms with Gasteiger partial charge in [0.15, 0.2) is 6.04 Å². The van der Waals surface area contributed by atoms with Crippen LogP contribution in [0, 0.1) is 17.2 Å². The Kier molecular flexibility index (Phi) is 7.71. The van der Waals surface area contributed by atoms with E-state index in [1.807, 2.05) is 0 Å². The fourth-order valence-corrected chi connectivity index (χ4v) is 1.33. The van der Waals surface area contributed by atoms with Crippen LogP contribution < -0.4 is 5.32 Å². The summed E-state index contributed by atoms with van der Waals surface area (Å²) < 4.78 is 15.1. The van der Waals surface area contributed by atoms with Gasteiger partial charge in [-0.1, -0.05) is 0 Å². The highest BCUT2D eigenvalue weighted by Gasteiger charge is 2.30. The van der Waals surface area contributed by atoms with Crippen molar-refractivity contribution in [2.45, 2.75) is 65.7 Å². The molecule has 1 N–H and O–H groups in total. The molecule has 0 saturated heterocycles. The number of hydrogen-bond donors (Lipinski definition) is 1. The summed E-state index contributed by atoms with van der Waals surface area (Å²) in [5, 5.41) is 11.0. The Morgan fingerprint density at radius 3 is 1.92 bits per heavy atom.